The van der Waals surface area contributed by atoms with Gasteiger partial charge in [0.25, 0.3) is 5.91 Å². The molecule has 2 N–H and O–H groups in total. The summed E-state index contributed by atoms with van der Waals surface area (Å²) in [7, 11) is -3.29. The largest absolute Gasteiger partial charge is 0.345 e. The van der Waals surface area contributed by atoms with E-state index in [0.717, 1.165) is 18.4 Å². The number of fused-ring (bicyclic) bond motifs is 1. The third kappa shape index (κ3) is 3.57. The summed E-state index contributed by atoms with van der Waals surface area (Å²) < 4.78 is 26.5. The lowest BCUT2D eigenvalue weighted by Crippen LogP contribution is -2.27. The molecule has 1 amide bonds. The molecule has 0 aromatic heterocycles. The van der Waals surface area contributed by atoms with Gasteiger partial charge in [0.15, 0.2) is 0 Å². The van der Waals surface area contributed by atoms with Crippen LogP contribution in [0.5, 0.6) is 0 Å². The van der Waals surface area contributed by atoms with Crippen LogP contribution < -0.4 is 10.0 Å². The first kappa shape index (κ1) is 17.4. The van der Waals surface area contributed by atoms with Crippen molar-refractivity contribution in [2.24, 2.45) is 0 Å². The molecule has 1 fully saturated rings. The summed E-state index contributed by atoms with van der Waals surface area (Å²) in [4.78, 5) is 12.5. The molecule has 0 spiro atoms. The quantitative estimate of drug-likeness (QED) is 0.818. The normalized spacial score (nSPS) is 19.0. The van der Waals surface area contributed by atoms with E-state index >= 15 is 0 Å². The maximum atomic E-state index is 12.5. The molecule has 7 heteroatoms. The van der Waals surface area contributed by atoms with E-state index in [-0.39, 0.29) is 17.2 Å². The van der Waals surface area contributed by atoms with Gasteiger partial charge in [-0.15, -0.1) is 0 Å². The number of anilines is 1. The highest BCUT2D eigenvalue weighted by atomic mass is 35.5. The van der Waals surface area contributed by atoms with Crippen molar-refractivity contribution < 1.29 is 13.2 Å². The average Bonchev–Trinajstić information content (AvgIpc) is 3.39. The molecule has 2 aliphatic carbocycles. The number of nitrogens with one attached hydrogen (secondary N) is 2. The van der Waals surface area contributed by atoms with Crippen molar-refractivity contribution in [1.82, 2.24) is 5.32 Å². The lowest BCUT2D eigenvalue weighted by atomic mass is 10.1. The molecule has 26 heavy (non-hydrogen) atoms. The molecule has 136 valence electrons. The van der Waals surface area contributed by atoms with Crippen molar-refractivity contribution in [2.75, 3.05) is 4.72 Å². The zero-order chi connectivity index (χ0) is 18.3. The first-order chi connectivity index (χ1) is 12.4. The predicted molar refractivity (Wildman–Crippen MR) is 102 cm³/mol. The van der Waals surface area contributed by atoms with Gasteiger partial charge >= 0.3 is 0 Å². The highest BCUT2D eigenvalue weighted by Crippen LogP contribution is 2.33. The van der Waals surface area contributed by atoms with Crippen LogP contribution in [-0.4, -0.2) is 19.6 Å². The molecule has 0 saturated heterocycles. The minimum absolute atomic E-state index is 0.0252. The molecule has 0 heterocycles. The third-order valence-corrected chi connectivity index (χ3v) is 6.96. The molecule has 1 saturated carbocycles. The first-order valence-corrected chi connectivity index (χ1v) is 10.6. The fraction of sp³-hybridized carbons (Fsp3) is 0.316. The standard InChI is InChI=1S/C19H19ClN2O3S/c20-14-4-9-17-13(11-14)3-10-18(17)21-19(23)12-1-5-15(6-2-12)22-26(24,25)16-7-8-16/h1-2,4-6,9,11,16,18,22H,3,7-8,10H2,(H,21,23)/t18-/m0/s1. The number of carbonyl (C=O) groups excluding carboxylic acids is 1. The Morgan fingerprint density at radius 1 is 1.04 bits per heavy atom. The second kappa shape index (κ2) is 6.59. The summed E-state index contributed by atoms with van der Waals surface area (Å²) in [6.07, 6.45) is 3.16. The molecule has 2 aliphatic rings. The van der Waals surface area contributed by atoms with Crippen molar-refractivity contribution >= 4 is 33.2 Å². The minimum atomic E-state index is -3.29. The number of sulfonamides is 1. The molecule has 2 aromatic rings. The van der Waals surface area contributed by atoms with Crippen LogP contribution in [-0.2, 0) is 16.4 Å². The lowest BCUT2D eigenvalue weighted by molar-refractivity contribution is 0.0936. The number of carbonyl (C=O) groups is 1. The fourth-order valence-corrected chi connectivity index (χ4v) is 4.88. The maximum absolute atomic E-state index is 12.5. The molecule has 0 aliphatic heterocycles. The Morgan fingerprint density at radius 2 is 1.77 bits per heavy atom. The van der Waals surface area contributed by atoms with Crippen LogP contribution in [0.15, 0.2) is 42.5 Å². The van der Waals surface area contributed by atoms with E-state index in [9.17, 15) is 13.2 Å². The van der Waals surface area contributed by atoms with Crippen LogP contribution in [0.3, 0.4) is 0 Å². The van der Waals surface area contributed by atoms with E-state index < -0.39 is 10.0 Å². The van der Waals surface area contributed by atoms with Gasteiger partial charge in [-0.25, -0.2) is 8.42 Å². The number of halogens is 1. The van der Waals surface area contributed by atoms with E-state index in [1.807, 2.05) is 18.2 Å². The van der Waals surface area contributed by atoms with Gasteiger partial charge in [0.2, 0.25) is 10.0 Å². The summed E-state index contributed by atoms with van der Waals surface area (Å²) in [6, 6.07) is 12.2. The van der Waals surface area contributed by atoms with Gasteiger partial charge in [0, 0.05) is 16.3 Å². The summed E-state index contributed by atoms with van der Waals surface area (Å²) in [5, 5.41) is 3.48. The van der Waals surface area contributed by atoms with Crippen molar-refractivity contribution in [1.29, 1.82) is 0 Å². The van der Waals surface area contributed by atoms with Crippen molar-refractivity contribution in [2.45, 2.75) is 37.0 Å². The number of rotatable bonds is 5. The van der Waals surface area contributed by atoms with E-state index in [0.29, 0.717) is 29.1 Å². The maximum Gasteiger partial charge on any atom is 0.251 e. The van der Waals surface area contributed by atoms with Gasteiger partial charge in [-0.1, -0.05) is 17.7 Å². The lowest BCUT2D eigenvalue weighted by Gasteiger charge is -2.14. The summed E-state index contributed by atoms with van der Waals surface area (Å²) in [5.41, 5.74) is 3.26. The molecular weight excluding hydrogens is 372 g/mol. The molecule has 1 atom stereocenters. The molecule has 2 aromatic carbocycles. The predicted octanol–water partition coefficient (Wildman–Crippen LogP) is 3.66. The fourth-order valence-electron chi connectivity index (χ4n) is 3.29. The zero-order valence-corrected chi connectivity index (χ0v) is 15.6. The van der Waals surface area contributed by atoms with Gasteiger partial charge in [-0.05, 0) is 73.2 Å². The Bertz CT molecular complexity index is 953. The van der Waals surface area contributed by atoms with Gasteiger partial charge in [-0.3, -0.25) is 9.52 Å². The van der Waals surface area contributed by atoms with E-state index in [1.165, 1.54) is 5.56 Å². The van der Waals surface area contributed by atoms with Gasteiger partial charge in [-0.2, -0.15) is 0 Å². The van der Waals surface area contributed by atoms with Crippen LogP contribution in [0, 0.1) is 0 Å². The van der Waals surface area contributed by atoms with Crippen molar-refractivity contribution in [3.8, 4) is 0 Å². The molecule has 0 unspecified atom stereocenters. The molecule has 4 rings (SSSR count). The van der Waals surface area contributed by atoms with E-state index in [4.69, 9.17) is 11.6 Å². The van der Waals surface area contributed by atoms with Crippen molar-refractivity contribution in [3.63, 3.8) is 0 Å². The summed E-state index contributed by atoms with van der Waals surface area (Å²) in [6.45, 7) is 0. The zero-order valence-electron chi connectivity index (χ0n) is 14.0. The Balaban J connectivity index is 1.43. The van der Waals surface area contributed by atoms with E-state index in [1.54, 1.807) is 24.3 Å². The van der Waals surface area contributed by atoms with Gasteiger partial charge in [0.1, 0.15) is 0 Å². The second-order valence-electron chi connectivity index (χ2n) is 6.83. The molecular formula is C19H19ClN2O3S. The van der Waals surface area contributed by atoms with Gasteiger partial charge < -0.3 is 5.32 Å². The Labute approximate surface area is 157 Å². The number of benzene rings is 2. The van der Waals surface area contributed by atoms with Crippen LogP contribution in [0.25, 0.3) is 0 Å². The highest BCUT2D eigenvalue weighted by molar-refractivity contribution is 7.93. The number of amides is 1. The smallest absolute Gasteiger partial charge is 0.251 e. The van der Waals surface area contributed by atoms with Crippen molar-refractivity contribution in [3.05, 3.63) is 64.2 Å². The van der Waals surface area contributed by atoms with E-state index in [2.05, 4.69) is 10.0 Å². The summed E-state index contributed by atoms with van der Waals surface area (Å²) >= 11 is 6.02. The highest BCUT2D eigenvalue weighted by Gasteiger charge is 2.35. The van der Waals surface area contributed by atoms with Crippen LogP contribution in [0.1, 0.15) is 46.8 Å². The van der Waals surface area contributed by atoms with Crippen LogP contribution in [0.4, 0.5) is 5.69 Å². The third-order valence-electron chi connectivity index (χ3n) is 4.86. The Hall–Kier alpha value is -2.05. The molecule has 0 bridgehead atoms. The van der Waals surface area contributed by atoms with Crippen LogP contribution >= 0.6 is 11.6 Å². The number of hydrogen-bond acceptors (Lipinski definition) is 3. The second-order valence-corrected chi connectivity index (χ2v) is 9.23. The van der Waals surface area contributed by atoms with Crippen LogP contribution in [0.2, 0.25) is 5.02 Å². The summed E-state index contributed by atoms with van der Waals surface area (Å²) in [5.74, 6) is -0.172. The number of aryl methyl sites for hydroxylation is 1. The minimum Gasteiger partial charge on any atom is -0.345 e. The van der Waals surface area contributed by atoms with Gasteiger partial charge in [0.05, 0.1) is 11.3 Å². The average molecular weight is 391 g/mol. The molecule has 0 radical (unpaired) electrons. The topological polar surface area (TPSA) is 75.3 Å². The first-order valence-electron chi connectivity index (χ1n) is 8.63. The Kier molecular flexibility index (Phi) is 4.40. The monoisotopic (exact) mass is 390 g/mol. The number of hydrogen-bond donors (Lipinski definition) is 2. The molecule has 5 nitrogen and oxygen atoms in total. The SMILES string of the molecule is O=C(N[C@H]1CCc2cc(Cl)ccc21)c1ccc(NS(=O)(=O)C2CC2)cc1. The Morgan fingerprint density at radius 3 is 2.46 bits per heavy atom.